The Kier molecular flexibility index (Phi) is 6.62. The van der Waals surface area contributed by atoms with Gasteiger partial charge >= 0.3 is 0 Å². The number of hydrogen-bond acceptors (Lipinski definition) is 5. The van der Waals surface area contributed by atoms with Crippen molar-refractivity contribution in [2.24, 2.45) is 0 Å². The molecule has 1 N–H and O–H groups in total. The van der Waals surface area contributed by atoms with E-state index in [-0.39, 0.29) is 18.6 Å². The Bertz CT molecular complexity index is 838. The summed E-state index contributed by atoms with van der Waals surface area (Å²) in [5.41, 5.74) is 1.81. The third-order valence-corrected chi connectivity index (χ3v) is 4.59. The molecule has 0 aliphatic heterocycles. The lowest BCUT2D eigenvalue weighted by Gasteiger charge is -2.17. The fourth-order valence-electron chi connectivity index (χ4n) is 2.67. The Labute approximate surface area is 157 Å². The van der Waals surface area contributed by atoms with Crippen LogP contribution >= 0.6 is 11.8 Å². The zero-order chi connectivity index (χ0) is 18.2. The molecule has 1 aromatic carbocycles. The number of hydrogen-bond donors (Lipinski definition) is 1. The van der Waals surface area contributed by atoms with Crippen LogP contribution in [0.2, 0.25) is 0 Å². The van der Waals surface area contributed by atoms with Gasteiger partial charge in [0.05, 0.1) is 12.6 Å². The minimum atomic E-state index is -0.201. The van der Waals surface area contributed by atoms with Crippen LogP contribution < -0.4 is 5.32 Å². The lowest BCUT2D eigenvalue weighted by Crippen LogP contribution is -2.33. The molecule has 0 bridgehead atoms. The van der Waals surface area contributed by atoms with Gasteiger partial charge in [0, 0.05) is 6.20 Å². The minimum Gasteiger partial charge on any atom is -0.367 e. The van der Waals surface area contributed by atoms with Crippen molar-refractivity contribution in [3.63, 3.8) is 0 Å². The van der Waals surface area contributed by atoms with Crippen LogP contribution in [-0.2, 0) is 16.1 Å². The highest BCUT2D eigenvalue weighted by Gasteiger charge is 2.20. The summed E-state index contributed by atoms with van der Waals surface area (Å²) in [4.78, 5) is 12.3. The molecule has 0 aliphatic rings. The molecule has 7 heteroatoms. The molecule has 2 aromatic heterocycles. The third-order valence-electron chi connectivity index (χ3n) is 3.94. The van der Waals surface area contributed by atoms with Crippen molar-refractivity contribution in [2.45, 2.75) is 19.1 Å². The summed E-state index contributed by atoms with van der Waals surface area (Å²) in [6, 6.07) is 15.3. The lowest BCUT2D eigenvalue weighted by molar-refractivity contribution is -0.127. The molecule has 6 nitrogen and oxygen atoms in total. The van der Waals surface area contributed by atoms with Crippen LogP contribution in [0, 0.1) is 0 Å². The summed E-state index contributed by atoms with van der Waals surface area (Å²) in [5.74, 6) is 1.50. The maximum Gasteiger partial charge on any atom is 0.246 e. The summed E-state index contributed by atoms with van der Waals surface area (Å²) in [6.07, 6.45) is 4.74. The van der Waals surface area contributed by atoms with E-state index in [1.807, 2.05) is 65.4 Å². The molecule has 0 spiro atoms. The summed E-state index contributed by atoms with van der Waals surface area (Å²) in [6.45, 7) is 0.430. The van der Waals surface area contributed by atoms with Gasteiger partial charge in [0.25, 0.3) is 0 Å². The topological polar surface area (TPSA) is 68.5 Å². The first-order chi connectivity index (χ1) is 12.8. The van der Waals surface area contributed by atoms with Crippen molar-refractivity contribution in [1.29, 1.82) is 0 Å². The Balaban J connectivity index is 1.61. The van der Waals surface area contributed by atoms with Gasteiger partial charge in [-0.2, -0.15) is 11.8 Å². The smallest absolute Gasteiger partial charge is 0.246 e. The van der Waals surface area contributed by atoms with E-state index < -0.39 is 0 Å². The molecule has 0 saturated heterocycles. The van der Waals surface area contributed by atoms with E-state index in [4.69, 9.17) is 4.74 Å². The van der Waals surface area contributed by atoms with Crippen LogP contribution in [0.5, 0.6) is 0 Å². The van der Waals surface area contributed by atoms with Crippen LogP contribution in [0.15, 0.2) is 54.7 Å². The fraction of sp³-hybridized carbons (Fsp3) is 0.316. The maximum atomic E-state index is 12.3. The van der Waals surface area contributed by atoms with Gasteiger partial charge in [0.2, 0.25) is 5.91 Å². The monoisotopic (exact) mass is 370 g/mol. The predicted octanol–water partition coefficient (Wildman–Crippen LogP) is 2.86. The maximum absolute atomic E-state index is 12.3. The van der Waals surface area contributed by atoms with Gasteiger partial charge in [-0.1, -0.05) is 36.4 Å². The van der Waals surface area contributed by atoms with E-state index >= 15 is 0 Å². The first-order valence-corrected chi connectivity index (χ1v) is 9.87. The molecule has 3 rings (SSSR count). The molecule has 26 heavy (non-hydrogen) atoms. The van der Waals surface area contributed by atoms with Crippen LogP contribution in [-0.4, -0.2) is 39.1 Å². The Morgan fingerprint density at radius 1 is 1.19 bits per heavy atom. The second-order valence-corrected chi connectivity index (χ2v) is 6.85. The zero-order valence-corrected chi connectivity index (χ0v) is 15.5. The molecule has 0 radical (unpaired) electrons. The van der Waals surface area contributed by atoms with Gasteiger partial charge in [0.1, 0.15) is 6.61 Å². The number of nitrogens with zero attached hydrogens (tertiary/aromatic N) is 3. The van der Waals surface area contributed by atoms with E-state index in [2.05, 4.69) is 15.5 Å². The number of carbonyl (C=O) groups excluding carboxylic acids is 1. The number of carbonyl (C=O) groups is 1. The van der Waals surface area contributed by atoms with Gasteiger partial charge in [-0.3, -0.25) is 9.20 Å². The van der Waals surface area contributed by atoms with E-state index in [1.54, 1.807) is 11.8 Å². The molecule has 3 aromatic rings. The molecule has 1 unspecified atom stereocenters. The van der Waals surface area contributed by atoms with Crippen molar-refractivity contribution < 1.29 is 9.53 Å². The molecule has 0 saturated carbocycles. The summed E-state index contributed by atoms with van der Waals surface area (Å²) in [5, 5.41) is 11.5. The number of nitrogens with one attached hydrogen (secondary N) is 1. The van der Waals surface area contributed by atoms with Gasteiger partial charge in [-0.05, 0) is 36.1 Å². The van der Waals surface area contributed by atoms with Crippen LogP contribution in [0.3, 0.4) is 0 Å². The molecule has 0 fully saturated rings. The SMILES string of the molecule is CSCCC(NC(=O)COCc1ccccc1)c1nnc2ccccn12. The average molecular weight is 370 g/mol. The average Bonchev–Trinajstić information content (AvgIpc) is 3.10. The Hall–Kier alpha value is -2.38. The normalized spacial score (nSPS) is 12.2. The van der Waals surface area contributed by atoms with Gasteiger partial charge < -0.3 is 10.1 Å². The zero-order valence-electron chi connectivity index (χ0n) is 14.7. The first-order valence-electron chi connectivity index (χ1n) is 8.47. The number of benzene rings is 1. The van der Waals surface area contributed by atoms with E-state index in [0.29, 0.717) is 6.61 Å². The number of fused-ring (bicyclic) bond motifs is 1. The molecule has 0 aliphatic carbocycles. The second kappa shape index (κ2) is 9.35. The number of ether oxygens (including phenoxy) is 1. The van der Waals surface area contributed by atoms with Crippen molar-refractivity contribution in [3.05, 3.63) is 66.1 Å². The summed E-state index contributed by atoms with van der Waals surface area (Å²) in [7, 11) is 0. The standard InChI is InChI=1S/C19H22N4O2S/c1-26-12-10-16(19-22-21-17-9-5-6-11-23(17)19)20-18(24)14-25-13-15-7-3-2-4-8-15/h2-9,11,16H,10,12-14H2,1H3,(H,20,24). The fourth-order valence-corrected chi connectivity index (χ4v) is 3.14. The molecule has 2 heterocycles. The number of amides is 1. The summed E-state index contributed by atoms with van der Waals surface area (Å²) >= 11 is 1.73. The molecule has 136 valence electrons. The van der Waals surface area contributed by atoms with Crippen molar-refractivity contribution in [2.75, 3.05) is 18.6 Å². The van der Waals surface area contributed by atoms with Gasteiger partial charge in [-0.15, -0.1) is 10.2 Å². The van der Waals surface area contributed by atoms with E-state index in [1.165, 1.54) is 0 Å². The van der Waals surface area contributed by atoms with Gasteiger partial charge in [0.15, 0.2) is 11.5 Å². The van der Waals surface area contributed by atoms with E-state index in [0.717, 1.165) is 29.2 Å². The largest absolute Gasteiger partial charge is 0.367 e. The highest BCUT2D eigenvalue weighted by molar-refractivity contribution is 7.98. The second-order valence-electron chi connectivity index (χ2n) is 5.87. The quantitative estimate of drug-likeness (QED) is 0.627. The lowest BCUT2D eigenvalue weighted by atomic mass is 10.2. The Morgan fingerprint density at radius 2 is 2.00 bits per heavy atom. The van der Waals surface area contributed by atoms with Crippen LogP contribution in [0.25, 0.3) is 5.65 Å². The number of aromatic nitrogens is 3. The highest BCUT2D eigenvalue weighted by atomic mass is 32.2. The molecule has 1 atom stereocenters. The van der Waals surface area contributed by atoms with Crippen molar-refractivity contribution >= 4 is 23.3 Å². The Morgan fingerprint density at radius 3 is 2.81 bits per heavy atom. The molecule has 1 amide bonds. The highest BCUT2D eigenvalue weighted by Crippen LogP contribution is 2.18. The summed E-state index contributed by atoms with van der Waals surface area (Å²) < 4.78 is 7.44. The van der Waals surface area contributed by atoms with Crippen LogP contribution in [0.4, 0.5) is 0 Å². The molecular weight excluding hydrogens is 348 g/mol. The first kappa shape index (κ1) is 18.4. The van der Waals surface area contributed by atoms with Crippen LogP contribution in [0.1, 0.15) is 23.9 Å². The van der Waals surface area contributed by atoms with E-state index in [9.17, 15) is 4.79 Å². The minimum absolute atomic E-state index is 0.0153. The number of rotatable bonds is 9. The molecular formula is C19H22N4O2S. The number of thioether (sulfide) groups is 1. The number of pyridine rings is 1. The van der Waals surface area contributed by atoms with Crippen molar-refractivity contribution in [1.82, 2.24) is 19.9 Å². The van der Waals surface area contributed by atoms with Crippen molar-refractivity contribution in [3.8, 4) is 0 Å². The predicted molar refractivity (Wildman–Crippen MR) is 103 cm³/mol. The van der Waals surface area contributed by atoms with Gasteiger partial charge in [-0.25, -0.2) is 0 Å². The third kappa shape index (κ3) is 4.83.